The van der Waals surface area contributed by atoms with Gasteiger partial charge in [-0.3, -0.25) is 4.79 Å². The van der Waals surface area contributed by atoms with Gasteiger partial charge in [0.25, 0.3) is 5.91 Å². The summed E-state index contributed by atoms with van der Waals surface area (Å²) in [5, 5.41) is 2.19. The monoisotopic (exact) mass is 234 g/mol. The third kappa shape index (κ3) is 3.43. The van der Waals surface area contributed by atoms with Crippen molar-refractivity contribution < 1.29 is 13.6 Å². The van der Waals surface area contributed by atoms with Crippen molar-refractivity contribution >= 4 is 23.2 Å². The van der Waals surface area contributed by atoms with Gasteiger partial charge in [0, 0.05) is 18.3 Å². The molecule has 1 N–H and O–H groups in total. The molecule has 0 fully saturated rings. The van der Waals surface area contributed by atoms with Gasteiger partial charge < -0.3 is 5.32 Å². The Morgan fingerprint density at radius 2 is 2.13 bits per heavy atom. The number of nitrogens with zero attached hydrogens (tertiary/aromatic N) is 1. The fourth-order valence-electron chi connectivity index (χ4n) is 0.941. The van der Waals surface area contributed by atoms with E-state index in [1.54, 1.807) is 6.92 Å². The largest absolute Gasteiger partial charge is 0.322 e. The summed E-state index contributed by atoms with van der Waals surface area (Å²) in [5.41, 5.74) is 0.747. The lowest BCUT2D eigenvalue weighted by atomic mass is 10.3. The third-order valence-electron chi connectivity index (χ3n) is 1.58. The molecule has 6 heteroatoms. The molecule has 0 radical (unpaired) electrons. The molecule has 1 aromatic heterocycles. The molecule has 1 aromatic rings. The molecule has 1 heterocycles. The van der Waals surface area contributed by atoms with E-state index in [-0.39, 0.29) is 10.8 Å². The lowest BCUT2D eigenvalue weighted by Gasteiger charge is -2.11. The van der Waals surface area contributed by atoms with Crippen LogP contribution in [0.1, 0.15) is 12.6 Å². The summed E-state index contributed by atoms with van der Waals surface area (Å²) in [6.07, 6.45) is 0. The fraction of sp³-hybridized carbons (Fsp3) is 0.333. The number of hydrogen-bond donors (Lipinski definition) is 1. The van der Waals surface area contributed by atoms with Crippen molar-refractivity contribution in [3.8, 4) is 0 Å². The molecule has 0 unspecified atom stereocenters. The maximum atomic E-state index is 12.5. The Labute approximate surface area is 90.5 Å². The number of carbonyl (C=O) groups excluding carboxylic acids is 1. The number of halogens is 3. The van der Waals surface area contributed by atoms with Gasteiger partial charge in [0.2, 0.25) is 0 Å². The van der Waals surface area contributed by atoms with E-state index in [1.165, 1.54) is 12.1 Å². The lowest BCUT2D eigenvalue weighted by Crippen LogP contribution is -2.31. The van der Waals surface area contributed by atoms with Crippen molar-refractivity contribution in [1.29, 1.82) is 0 Å². The molecular weight excluding hydrogens is 226 g/mol. The third-order valence-corrected chi connectivity index (χ3v) is 1.77. The number of aromatic nitrogens is 1. The molecule has 0 aromatic carbocycles. The standard InChI is InChI=1S/C9H9ClF2N2O/c1-5-3-6(4-7(10)13-5)14-8(15)9(2,11)12/h3-4H,1-2H3,(H,13,14,15). The smallest absolute Gasteiger partial charge is 0.321 e. The van der Waals surface area contributed by atoms with Gasteiger partial charge in [0.1, 0.15) is 5.15 Å². The number of aryl methyl sites for hydroxylation is 1. The van der Waals surface area contributed by atoms with E-state index in [0.29, 0.717) is 12.6 Å². The second kappa shape index (κ2) is 4.10. The van der Waals surface area contributed by atoms with Crippen molar-refractivity contribution in [1.82, 2.24) is 4.98 Å². The van der Waals surface area contributed by atoms with Crippen LogP contribution in [0.15, 0.2) is 12.1 Å². The normalized spacial score (nSPS) is 11.3. The van der Waals surface area contributed by atoms with Crippen molar-refractivity contribution in [2.75, 3.05) is 5.32 Å². The van der Waals surface area contributed by atoms with Crippen molar-refractivity contribution in [2.24, 2.45) is 0 Å². The van der Waals surface area contributed by atoms with Crippen LogP contribution >= 0.6 is 11.6 Å². The molecule has 0 bridgehead atoms. The van der Waals surface area contributed by atoms with Gasteiger partial charge in [-0.15, -0.1) is 0 Å². The Bertz CT molecular complexity index is 370. The summed E-state index contributed by atoms with van der Waals surface area (Å²) in [4.78, 5) is 14.8. The van der Waals surface area contributed by atoms with Crippen LogP contribution in [0.4, 0.5) is 14.5 Å². The molecule has 0 saturated carbocycles. The number of anilines is 1. The maximum Gasteiger partial charge on any atom is 0.322 e. The first-order chi connectivity index (χ1) is 6.79. The van der Waals surface area contributed by atoms with Gasteiger partial charge in [0.15, 0.2) is 0 Å². The van der Waals surface area contributed by atoms with Gasteiger partial charge in [-0.1, -0.05) is 11.6 Å². The van der Waals surface area contributed by atoms with Gasteiger partial charge in [-0.25, -0.2) is 4.98 Å². The van der Waals surface area contributed by atoms with Crippen LogP contribution in [0.25, 0.3) is 0 Å². The summed E-state index contributed by atoms with van der Waals surface area (Å²) >= 11 is 5.60. The highest BCUT2D eigenvalue weighted by Crippen LogP contribution is 2.18. The first kappa shape index (κ1) is 11.8. The Morgan fingerprint density at radius 1 is 1.53 bits per heavy atom. The van der Waals surface area contributed by atoms with Crippen LogP contribution < -0.4 is 5.32 Å². The molecule has 3 nitrogen and oxygen atoms in total. The Morgan fingerprint density at radius 3 is 2.60 bits per heavy atom. The fourth-order valence-corrected chi connectivity index (χ4v) is 1.19. The highest BCUT2D eigenvalue weighted by molar-refractivity contribution is 6.29. The number of carbonyl (C=O) groups is 1. The Hall–Kier alpha value is -1.23. The molecule has 0 saturated heterocycles. The highest BCUT2D eigenvalue weighted by atomic mass is 35.5. The number of pyridine rings is 1. The minimum absolute atomic E-state index is 0.143. The zero-order chi connectivity index (χ0) is 11.6. The molecule has 0 atom stereocenters. The zero-order valence-electron chi connectivity index (χ0n) is 8.14. The van der Waals surface area contributed by atoms with Crippen molar-refractivity contribution in [3.05, 3.63) is 23.0 Å². The van der Waals surface area contributed by atoms with E-state index < -0.39 is 11.8 Å². The van der Waals surface area contributed by atoms with Crippen LogP contribution in [0.5, 0.6) is 0 Å². The topological polar surface area (TPSA) is 42.0 Å². The molecule has 0 spiro atoms. The molecular formula is C9H9ClF2N2O. The van der Waals surface area contributed by atoms with E-state index in [1.807, 2.05) is 0 Å². The summed E-state index contributed by atoms with van der Waals surface area (Å²) in [7, 11) is 0. The minimum Gasteiger partial charge on any atom is -0.321 e. The molecule has 1 rings (SSSR count). The summed E-state index contributed by atoms with van der Waals surface area (Å²) < 4.78 is 25.1. The Kier molecular flexibility index (Phi) is 3.24. The average Bonchev–Trinajstić information content (AvgIpc) is 1.99. The first-order valence-corrected chi connectivity index (χ1v) is 4.50. The molecule has 15 heavy (non-hydrogen) atoms. The zero-order valence-corrected chi connectivity index (χ0v) is 8.90. The second-order valence-electron chi connectivity index (χ2n) is 3.16. The lowest BCUT2D eigenvalue weighted by molar-refractivity contribution is -0.137. The van der Waals surface area contributed by atoms with Gasteiger partial charge in [-0.05, 0) is 19.1 Å². The van der Waals surface area contributed by atoms with Gasteiger partial charge in [0.05, 0.1) is 0 Å². The predicted molar refractivity (Wildman–Crippen MR) is 53.2 cm³/mol. The quantitative estimate of drug-likeness (QED) is 0.800. The van der Waals surface area contributed by atoms with Crippen LogP contribution in [-0.2, 0) is 4.79 Å². The van der Waals surface area contributed by atoms with E-state index in [0.717, 1.165) is 0 Å². The highest BCUT2D eigenvalue weighted by Gasteiger charge is 2.32. The van der Waals surface area contributed by atoms with E-state index in [2.05, 4.69) is 10.3 Å². The van der Waals surface area contributed by atoms with Crippen LogP contribution in [0.2, 0.25) is 5.15 Å². The first-order valence-electron chi connectivity index (χ1n) is 4.12. The van der Waals surface area contributed by atoms with E-state index in [9.17, 15) is 13.6 Å². The van der Waals surface area contributed by atoms with E-state index in [4.69, 9.17) is 11.6 Å². The molecule has 0 aliphatic carbocycles. The number of nitrogens with one attached hydrogen (secondary N) is 1. The number of hydrogen-bond acceptors (Lipinski definition) is 2. The molecule has 1 amide bonds. The van der Waals surface area contributed by atoms with E-state index >= 15 is 0 Å². The summed E-state index contributed by atoms with van der Waals surface area (Å²) in [5.74, 6) is -4.78. The summed E-state index contributed by atoms with van der Waals surface area (Å²) in [6.45, 7) is 2.17. The molecule has 82 valence electrons. The molecule has 0 aliphatic rings. The SMILES string of the molecule is Cc1cc(NC(=O)C(C)(F)F)cc(Cl)n1. The van der Waals surface area contributed by atoms with Crippen LogP contribution in [0, 0.1) is 6.92 Å². The summed E-state index contributed by atoms with van der Waals surface area (Å²) in [6, 6.07) is 2.76. The van der Waals surface area contributed by atoms with Crippen LogP contribution in [-0.4, -0.2) is 16.8 Å². The van der Waals surface area contributed by atoms with Gasteiger partial charge in [-0.2, -0.15) is 8.78 Å². The van der Waals surface area contributed by atoms with Gasteiger partial charge >= 0.3 is 5.92 Å². The van der Waals surface area contributed by atoms with Crippen LogP contribution in [0.3, 0.4) is 0 Å². The number of rotatable bonds is 2. The molecule has 0 aliphatic heterocycles. The number of alkyl halides is 2. The minimum atomic E-state index is -3.41. The van der Waals surface area contributed by atoms with Crippen molar-refractivity contribution in [3.63, 3.8) is 0 Å². The van der Waals surface area contributed by atoms with Crippen molar-refractivity contribution in [2.45, 2.75) is 19.8 Å². The predicted octanol–water partition coefficient (Wildman–Crippen LogP) is 2.64. The second-order valence-corrected chi connectivity index (χ2v) is 3.55. The average molecular weight is 235 g/mol. The number of amides is 1. The Balaban J connectivity index is 2.86. The maximum absolute atomic E-state index is 12.5.